The Kier molecular flexibility index (Phi) is 8.26. The zero-order chi connectivity index (χ0) is 42.2. The lowest BCUT2D eigenvalue weighted by atomic mass is 9.67. The number of aryl methyl sites for hydroxylation is 1. The largest absolute Gasteiger partial charge is 0.456 e. The molecule has 64 heavy (non-hydrogen) atoms. The van der Waals surface area contributed by atoms with E-state index < -0.39 is 5.41 Å². The van der Waals surface area contributed by atoms with Gasteiger partial charge >= 0.3 is 0 Å². The van der Waals surface area contributed by atoms with Gasteiger partial charge in [0.25, 0.3) is 0 Å². The monoisotopic (exact) mass is 819 g/mol. The second-order valence-corrected chi connectivity index (χ2v) is 17.1. The lowest BCUT2D eigenvalue weighted by molar-refractivity contribution is 0.595. The summed E-state index contributed by atoms with van der Waals surface area (Å²) in [5, 5.41) is 3.47. The molecule has 13 rings (SSSR count). The van der Waals surface area contributed by atoms with Gasteiger partial charge in [-0.25, -0.2) is 0 Å². The number of hydrogen-bond acceptors (Lipinski definition) is 3. The van der Waals surface area contributed by atoms with E-state index in [4.69, 9.17) is 8.83 Å². The van der Waals surface area contributed by atoms with Crippen LogP contribution in [0.4, 0.5) is 17.1 Å². The van der Waals surface area contributed by atoms with Crippen molar-refractivity contribution in [1.29, 1.82) is 0 Å². The van der Waals surface area contributed by atoms with E-state index in [2.05, 4.69) is 217 Å². The van der Waals surface area contributed by atoms with Crippen LogP contribution in [-0.2, 0) is 11.8 Å². The minimum absolute atomic E-state index is 0.513. The molecule has 3 heteroatoms. The first-order valence-corrected chi connectivity index (χ1v) is 22.2. The van der Waals surface area contributed by atoms with Crippen molar-refractivity contribution in [2.45, 2.75) is 18.3 Å². The molecular formula is C61H41NO2. The fourth-order valence-corrected chi connectivity index (χ4v) is 10.7. The van der Waals surface area contributed by atoms with Crippen LogP contribution in [-0.4, -0.2) is 0 Å². The van der Waals surface area contributed by atoms with Gasteiger partial charge < -0.3 is 13.7 Å². The number of para-hydroxylation sites is 1. The molecule has 11 aromatic rings. The summed E-state index contributed by atoms with van der Waals surface area (Å²) in [6, 6.07) is 77.6. The van der Waals surface area contributed by atoms with Crippen molar-refractivity contribution in [2.24, 2.45) is 0 Å². The molecule has 0 radical (unpaired) electrons. The number of anilines is 3. The quantitative estimate of drug-likeness (QED) is 0.160. The van der Waals surface area contributed by atoms with Crippen molar-refractivity contribution in [3.05, 3.63) is 252 Å². The van der Waals surface area contributed by atoms with E-state index in [-0.39, 0.29) is 0 Å². The van der Waals surface area contributed by atoms with E-state index in [0.717, 1.165) is 74.3 Å². The predicted molar refractivity (Wildman–Crippen MR) is 264 cm³/mol. The average molecular weight is 820 g/mol. The molecule has 0 aliphatic heterocycles. The third-order valence-corrected chi connectivity index (χ3v) is 13.6. The Bertz CT molecular complexity index is 3550. The van der Waals surface area contributed by atoms with Gasteiger partial charge in [0.1, 0.15) is 22.5 Å². The van der Waals surface area contributed by atoms with Crippen LogP contribution >= 0.6 is 0 Å². The van der Waals surface area contributed by atoms with Crippen LogP contribution in [0.5, 0.6) is 0 Å². The second kappa shape index (κ2) is 14.5. The fraction of sp³-hybridized carbons (Fsp3) is 0.0492. The van der Waals surface area contributed by atoms with Crippen LogP contribution in [0.1, 0.15) is 40.0 Å². The third kappa shape index (κ3) is 5.60. The van der Waals surface area contributed by atoms with Crippen LogP contribution in [0.15, 0.2) is 227 Å². The topological polar surface area (TPSA) is 29.5 Å². The van der Waals surface area contributed by atoms with Crippen LogP contribution < -0.4 is 4.90 Å². The third-order valence-electron chi connectivity index (χ3n) is 13.6. The summed E-state index contributed by atoms with van der Waals surface area (Å²) < 4.78 is 12.4. The van der Waals surface area contributed by atoms with Gasteiger partial charge in [0, 0.05) is 38.8 Å². The van der Waals surface area contributed by atoms with E-state index in [1.165, 1.54) is 55.5 Å². The van der Waals surface area contributed by atoms with Gasteiger partial charge in [-0.3, -0.25) is 0 Å². The van der Waals surface area contributed by atoms with Crippen LogP contribution in [0.2, 0.25) is 0 Å². The maximum Gasteiger partial charge on any atom is 0.135 e. The predicted octanol–water partition coefficient (Wildman–Crippen LogP) is 16.5. The molecule has 3 nitrogen and oxygen atoms in total. The van der Waals surface area contributed by atoms with Gasteiger partial charge in [-0.15, -0.1) is 0 Å². The zero-order valence-corrected chi connectivity index (χ0v) is 35.0. The van der Waals surface area contributed by atoms with Crippen molar-refractivity contribution in [3.8, 4) is 33.4 Å². The highest BCUT2D eigenvalue weighted by atomic mass is 16.3. The molecule has 0 saturated carbocycles. The molecule has 2 aliphatic carbocycles. The van der Waals surface area contributed by atoms with Gasteiger partial charge in [0.15, 0.2) is 0 Å². The first kappa shape index (κ1) is 36.5. The maximum absolute atomic E-state index is 6.22. The Balaban J connectivity index is 0.967. The molecule has 2 aliphatic rings. The summed E-state index contributed by atoms with van der Waals surface area (Å²) in [6.07, 6.45) is 6.37. The summed E-state index contributed by atoms with van der Waals surface area (Å²) in [7, 11) is 0. The molecule has 0 saturated heterocycles. The summed E-state index contributed by atoms with van der Waals surface area (Å²) in [4.78, 5) is 2.41. The number of fused-ring (bicyclic) bond motifs is 9. The fourth-order valence-electron chi connectivity index (χ4n) is 10.7. The molecule has 0 unspecified atom stereocenters. The molecule has 2 aromatic heterocycles. The molecule has 0 bridgehead atoms. The number of hydrogen-bond donors (Lipinski definition) is 0. The Morgan fingerprint density at radius 3 is 1.64 bits per heavy atom. The van der Waals surface area contributed by atoms with Crippen LogP contribution in [0, 0.1) is 0 Å². The van der Waals surface area contributed by atoms with Crippen LogP contribution in [0.25, 0.3) is 72.4 Å². The van der Waals surface area contributed by atoms with E-state index in [9.17, 15) is 0 Å². The summed E-state index contributed by atoms with van der Waals surface area (Å²) >= 11 is 0. The van der Waals surface area contributed by atoms with Crippen LogP contribution in [0.3, 0.4) is 0 Å². The van der Waals surface area contributed by atoms with Gasteiger partial charge in [-0.1, -0.05) is 152 Å². The molecule has 0 atom stereocenters. The van der Waals surface area contributed by atoms with Gasteiger partial charge in [-0.2, -0.15) is 0 Å². The molecule has 9 aromatic carbocycles. The number of nitrogens with zero attached hydrogens (tertiary/aromatic N) is 1. The normalized spacial score (nSPS) is 13.6. The SMILES string of the molecule is C1=Cc2oc3ccc(-c4ccc(N(c5ccc(-c6ccc7oc8ccccc8c7c6)cc5)c5ccc6c(c5)C(c5ccccc5)(c5ccccc5)c5ccccc5-6)cc4)cc3c2CC1. The van der Waals surface area contributed by atoms with E-state index in [0.29, 0.717) is 0 Å². The van der Waals surface area contributed by atoms with Crippen molar-refractivity contribution in [1.82, 2.24) is 0 Å². The van der Waals surface area contributed by atoms with E-state index in [1.54, 1.807) is 0 Å². The number of rotatable bonds is 7. The maximum atomic E-state index is 6.22. The number of furan rings is 2. The van der Waals surface area contributed by atoms with Crippen molar-refractivity contribution in [2.75, 3.05) is 4.90 Å². The van der Waals surface area contributed by atoms with Crippen molar-refractivity contribution in [3.63, 3.8) is 0 Å². The molecule has 0 spiro atoms. The van der Waals surface area contributed by atoms with Gasteiger partial charge in [0.2, 0.25) is 0 Å². The molecule has 302 valence electrons. The minimum atomic E-state index is -0.513. The van der Waals surface area contributed by atoms with E-state index >= 15 is 0 Å². The zero-order valence-electron chi connectivity index (χ0n) is 35.0. The first-order chi connectivity index (χ1) is 31.7. The number of allylic oxidation sites excluding steroid dienone is 1. The molecule has 0 fully saturated rings. The molecule has 0 N–H and O–H groups in total. The highest BCUT2D eigenvalue weighted by molar-refractivity contribution is 6.06. The Hall–Kier alpha value is -8.14. The Labute approximate surface area is 371 Å². The van der Waals surface area contributed by atoms with Gasteiger partial charge in [-0.05, 0) is 141 Å². The highest BCUT2D eigenvalue weighted by Crippen LogP contribution is 2.57. The number of benzene rings is 9. The standard InChI is InChI=1S/C61H41NO2/c1-3-13-44(14-4-1)61(45-15-5-2-6-16-45)55-20-10-7-17-49(55)50-34-33-48(39-56(50)61)62(46-29-23-40(24-30-46)42-27-35-59-53(37-42)51-18-8-11-21-57(51)63-59)47-31-25-41(26-32-47)43-28-36-60-54(38-43)52-19-9-12-22-58(52)64-60/h1-8,10-18,20-39H,9,19H2. The molecule has 0 amide bonds. The van der Waals surface area contributed by atoms with Gasteiger partial charge in [0.05, 0.1) is 5.41 Å². The average Bonchev–Trinajstić information content (AvgIpc) is 4.03. The second-order valence-electron chi connectivity index (χ2n) is 17.1. The lowest BCUT2D eigenvalue weighted by Gasteiger charge is -2.35. The Morgan fingerprint density at radius 2 is 0.938 bits per heavy atom. The highest BCUT2D eigenvalue weighted by Gasteiger charge is 2.46. The summed E-state index contributed by atoms with van der Waals surface area (Å²) in [6.45, 7) is 0. The van der Waals surface area contributed by atoms with Crippen molar-refractivity contribution < 1.29 is 8.83 Å². The van der Waals surface area contributed by atoms with Crippen molar-refractivity contribution >= 4 is 56.0 Å². The molecule has 2 heterocycles. The smallest absolute Gasteiger partial charge is 0.135 e. The molecular weight excluding hydrogens is 779 g/mol. The lowest BCUT2D eigenvalue weighted by Crippen LogP contribution is -2.28. The first-order valence-electron chi connectivity index (χ1n) is 22.2. The Morgan fingerprint density at radius 1 is 0.391 bits per heavy atom. The van der Waals surface area contributed by atoms with E-state index in [1.807, 2.05) is 12.1 Å². The summed E-state index contributed by atoms with van der Waals surface area (Å²) in [5.41, 5.74) is 19.0. The minimum Gasteiger partial charge on any atom is -0.456 e. The summed E-state index contributed by atoms with van der Waals surface area (Å²) in [5.74, 6) is 0.993.